The summed E-state index contributed by atoms with van der Waals surface area (Å²) in [6.45, 7) is 12.3. The second kappa shape index (κ2) is 9.71. The molecule has 1 heteroatoms. The minimum absolute atomic E-state index is 0.487. The van der Waals surface area contributed by atoms with Crippen LogP contribution in [-0.4, -0.2) is 0 Å². The van der Waals surface area contributed by atoms with E-state index in [1.807, 2.05) is 13.8 Å². The van der Waals surface area contributed by atoms with Crippen LogP contribution in [-0.2, 0) is 0 Å². The summed E-state index contributed by atoms with van der Waals surface area (Å²) in [6.07, 6.45) is 2.71. The zero-order valence-corrected chi connectivity index (χ0v) is 7.95. The topological polar surface area (TPSA) is 0 Å². The molecule has 0 aromatic carbocycles. The third-order valence-corrected chi connectivity index (χ3v) is 0.751. The fourth-order valence-corrected chi connectivity index (χ4v) is 0.393. The second-order valence-electron chi connectivity index (χ2n) is 1.68. The van der Waals surface area contributed by atoms with E-state index in [2.05, 4.69) is 25.0 Å². The van der Waals surface area contributed by atoms with Gasteiger partial charge in [-0.3, -0.25) is 0 Å². The third-order valence-electron chi connectivity index (χ3n) is 0.751. The minimum Gasteiger partial charge on any atom is -0.208 e. The van der Waals surface area contributed by atoms with Crippen molar-refractivity contribution in [3.8, 4) is 11.8 Å². The molecule has 0 nitrogen and oxygen atoms in total. The first kappa shape index (κ1) is 13.3. The average Bonchev–Trinajstić information content (AvgIpc) is 2.05. The summed E-state index contributed by atoms with van der Waals surface area (Å²) in [5.41, 5.74) is 0.585. The monoisotopic (exact) mass is 166 g/mol. The van der Waals surface area contributed by atoms with Gasteiger partial charge in [-0.15, -0.1) is 5.92 Å². The molecule has 0 N–H and O–H groups in total. The van der Waals surface area contributed by atoms with Crippen molar-refractivity contribution in [1.29, 1.82) is 0 Å². The van der Waals surface area contributed by atoms with E-state index in [0.29, 0.717) is 5.57 Å². The van der Waals surface area contributed by atoms with E-state index >= 15 is 0 Å². The molecule has 66 valence electrons. The van der Waals surface area contributed by atoms with Gasteiger partial charge in [-0.2, -0.15) is 0 Å². The lowest BCUT2D eigenvalue weighted by Gasteiger charge is -1.82. The van der Waals surface area contributed by atoms with Crippen LogP contribution >= 0.6 is 0 Å². The molecule has 0 unspecified atom stereocenters. The van der Waals surface area contributed by atoms with Crippen molar-refractivity contribution in [2.75, 3.05) is 0 Å². The Morgan fingerprint density at radius 1 is 1.25 bits per heavy atom. The molecule has 0 aliphatic carbocycles. The summed E-state index contributed by atoms with van der Waals surface area (Å²) in [5.74, 6) is 4.81. The van der Waals surface area contributed by atoms with Gasteiger partial charge in [0.2, 0.25) is 0 Å². The first-order chi connectivity index (χ1) is 5.66. The second-order valence-corrected chi connectivity index (χ2v) is 1.68. The first-order valence-electron chi connectivity index (χ1n) is 3.81. The molecule has 12 heavy (non-hydrogen) atoms. The smallest absolute Gasteiger partial charge is 0.116 e. The van der Waals surface area contributed by atoms with Crippen molar-refractivity contribution in [2.45, 2.75) is 20.8 Å². The van der Waals surface area contributed by atoms with E-state index in [1.165, 1.54) is 12.2 Å². The SMILES string of the molecule is C=C(F)/C=C\C(=C)C#CC.CC. The zero-order chi connectivity index (χ0) is 9.98. The highest BCUT2D eigenvalue weighted by Gasteiger charge is 1.80. The van der Waals surface area contributed by atoms with Gasteiger partial charge in [-0.25, -0.2) is 4.39 Å². The molecular weight excluding hydrogens is 151 g/mol. The van der Waals surface area contributed by atoms with Crippen LogP contribution in [0.5, 0.6) is 0 Å². The van der Waals surface area contributed by atoms with Crippen molar-refractivity contribution in [2.24, 2.45) is 0 Å². The molecule has 0 bridgehead atoms. The molecule has 0 saturated heterocycles. The molecule has 0 aromatic rings. The number of allylic oxidation sites excluding steroid dienone is 4. The first-order valence-corrected chi connectivity index (χ1v) is 3.81. The average molecular weight is 166 g/mol. The molecule has 0 amide bonds. The Balaban J connectivity index is 0. The van der Waals surface area contributed by atoms with Gasteiger partial charge in [0.05, 0.1) is 0 Å². The van der Waals surface area contributed by atoms with E-state index in [9.17, 15) is 4.39 Å². The summed E-state index contributed by atoms with van der Waals surface area (Å²) < 4.78 is 11.9. The quantitative estimate of drug-likeness (QED) is 0.434. The predicted molar refractivity (Wildman–Crippen MR) is 53.3 cm³/mol. The standard InChI is InChI=1S/C9H9F.C2H6/c1-4-5-8(2)6-7-9(3)10;1-2/h6-7H,2-3H2,1H3;1-2H3/b7-6-;. The maximum absolute atomic E-state index is 11.9. The van der Waals surface area contributed by atoms with E-state index in [-0.39, 0.29) is 0 Å². The summed E-state index contributed by atoms with van der Waals surface area (Å²) in [7, 11) is 0. The number of hydrogen-bond acceptors (Lipinski definition) is 0. The van der Waals surface area contributed by atoms with Gasteiger partial charge in [-0.05, 0) is 19.1 Å². The fraction of sp³-hybridized carbons (Fsp3) is 0.273. The molecule has 0 spiro atoms. The molecule has 0 aromatic heterocycles. The number of hydrogen-bond donors (Lipinski definition) is 0. The fourth-order valence-electron chi connectivity index (χ4n) is 0.393. The Labute approximate surface area is 74.5 Å². The van der Waals surface area contributed by atoms with Gasteiger partial charge in [-0.1, -0.05) is 32.9 Å². The van der Waals surface area contributed by atoms with Crippen LogP contribution in [0.15, 0.2) is 36.7 Å². The van der Waals surface area contributed by atoms with Crippen LogP contribution in [0, 0.1) is 11.8 Å². The highest BCUT2D eigenvalue weighted by molar-refractivity contribution is 5.36. The maximum Gasteiger partial charge on any atom is 0.116 e. The van der Waals surface area contributed by atoms with Gasteiger partial charge >= 0.3 is 0 Å². The highest BCUT2D eigenvalue weighted by Crippen LogP contribution is 1.97. The van der Waals surface area contributed by atoms with E-state index in [1.54, 1.807) is 6.92 Å². The van der Waals surface area contributed by atoms with Crippen molar-refractivity contribution in [3.05, 3.63) is 36.7 Å². The number of halogens is 1. The van der Waals surface area contributed by atoms with Gasteiger partial charge in [0.1, 0.15) is 5.83 Å². The zero-order valence-electron chi connectivity index (χ0n) is 7.95. The van der Waals surface area contributed by atoms with Crippen LogP contribution in [0.2, 0.25) is 0 Å². The van der Waals surface area contributed by atoms with E-state index in [4.69, 9.17) is 0 Å². The molecule has 0 saturated carbocycles. The molecule has 0 aliphatic rings. The van der Waals surface area contributed by atoms with E-state index in [0.717, 1.165) is 0 Å². The van der Waals surface area contributed by atoms with Crippen molar-refractivity contribution in [3.63, 3.8) is 0 Å². The normalized spacial score (nSPS) is 7.67. The summed E-state index contributed by atoms with van der Waals surface area (Å²) in [5, 5.41) is 0. The lowest BCUT2D eigenvalue weighted by atomic mass is 10.3. The van der Waals surface area contributed by atoms with Gasteiger partial charge < -0.3 is 0 Å². The lowest BCUT2D eigenvalue weighted by molar-refractivity contribution is 0.671. The molecule has 0 radical (unpaired) electrons. The lowest BCUT2D eigenvalue weighted by Crippen LogP contribution is -1.66. The van der Waals surface area contributed by atoms with Gasteiger partial charge in [0.15, 0.2) is 0 Å². The van der Waals surface area contributed by atoms with Crippen LogP contribution < -0.4 is 0 Å². The minimum atomic E-state index is -0.487. The molecule has 0 rings (SSSR count). The van der Waals surface area contributed by atoms with Gasteiger partial charge in [0, 0.05) is 5.57 Å². The maximum atomic E-state index is 11.9. The summed E-state index contributed by atoms with van der Waals surface area (Å²) in [6, 6.07) is 0. The molecule has 0 aliphatic heterocycles. The summed E-state index contributed by atoms with van der Waals surface area (Å²) in [4.78, 5) is 0. The largest absolute Gasteiger partial charge is 0.208 e. The van der Waals surface area contributed by atoms with Crippen LogP contribution in [0.3, 0.4) is 0 Å². The van der Waals surface area contributed by atoms with Crippen molar-refractivity contribution >= 4 is 0 Å². The Morgan fingerprint density at radius 3 is 2.08 bits per heavy atom. The van der Waals surface area contributed by atoms with Crippen molar-refractivity contribution in [1.82, 2.24) is 0 Å². The third kappa shape index (κ3) is 11.5. The Kier molecular flexibility index (Phi) is 10.8. The van der Waals surface area contributed by atoms with Gasteiger partial charge in [0.25, 0.3) is 0 Å². The summed E-state index contributed by atoms with van der Waals surface area (Å²) >= 11 is 0. The van der Waals surface area contributed by atoms with Crippen LogP contribution in [0.4, 0.5) is 4.39 Å². The molecule has 0 fully saturated rings. The van der Waals surface area contributed by atoms with E-state index < -0.39 is 5.83 Å². The molecule has 0 atom stereocenters. The van der Waals surface area contributed by atoms with Crippen LogP contribution in [0.1, 0.15) is 20.8 Å². The Morgan fingerprint density at radius 2 is 1.75 bits per heavy atom. The predicted octanol–water partition coefficient (Wildman–Crippen LogP) is 3.63. The van der Waals surface area contributed by atoms with Crippen molar-refractivity contribution < 1.29 is 4.39 Å². The van der Waals surface area contributed by atoms with Crippen LogP contribution in [0.25, 0.3) is 0 Å². The Bertz CT molecular complexity index is 223. The molecular formula is C11H15F. The highest BCUT2D eigenvalue weighted by atomic mass is 19.1. The Hall–Kier alpha value is -1.29. The molecule has 0 heterocycles. The number of rotatable bonds is 2.